The van der Waals surface area contributed by atoms with E-state index in [4.69, 9.17) is 4.74 Å². The van der Waals surface area contributed by atoms with Gasteiger partial charge in [-0.05, 0) is 23.8 Å². The number of pyridine rings is 2. The summed E-state index contributed by atoms with van der Waals surface area (Å²) in [5.41, 5.74) is 1.54. The summed E-state index contributed by atoms with van der Waals surface area (Å²) in [4.78, 5) is 19.3. The van der Waals surface area contributed by atoms with Gasteiger partial charge < -0.3 is 10.1 Å². The van der Waals surface area contributed by atoms with E-state index in [1.807, 2.05) is 0 Å². The summed E-state index contributed by atoms with van der Waals surface area (Å²) in [7, 11) is 0.509. The number of carbonyl (C=O) groups excluding carboxylic acids is 1. The second-order valence-electron chi connectivity index (χ2n) is 5.28. The lowest BCUT2D eigenvalue weighted by Gasteiger charge is -2.16. The van der Waals surface area contributed by atoms with E-state index in [1.54, 1.807) is 24.4 Å². The molecule has 134 valence electrons. The van der Waals surface area contributed by atoms with E-state index < -0.39 is 10.2 Å². The minimum absolute atomic E-state index is 0.144. The lowest BCUT2D eigenvalue weighted by atomic mass is 10.1. The fourth-order valence-electron chi connectivity index (χ4n) is 1.93. The highest BCUT2D eigenvalue weighted by Gasteiger charge is 2.17. The van der Waals surface area contributed by atoms with Gasteiger partial charge in [0.1, 0.15) is 11.5 Å². The summed E-state index contributed by atoms with van der Waals surface area (Å²) in [6.07, 6.45) is 3.08. The number of hydrogen-bond donors (Lipinski definition) is 2. The zero-order chi connectivity index (χ0) is 18.6. The average molecular weight is 365 g/mol. The maximum absolute atomic E-state index is 12.1. The molecule has 0 aliphatic heterocycles. The van der Waals surface area contributed by atoms with Crippen molar-refractivity contribution in [1.29, 1.82) is 0 Å². The number of amides is 1. The van der Waals surface area contributed by atoms with Gasteiger partial charge >= 0.3 is 10.2 Å². The third kappa shape index (κ3) is 4.64. The number of hydrogen-bond acceptors (Lipinski definition) is 6. The van der Waals surface area contributed by atoms with Crippen LogP contribution in [0.1, 0.15) is 6.92 Å². The summed E-state index contributed by atoms with van der Waals surface area (Å²) in [5.74, 6) is 0.290. The Morgan fingerprint density at radius 2 is 1.92 bits per heavy atom. The molecule has 1 amide bonds. The summed E-state index contributed by atoms with van der Waals surface area (Å²) in [6, 6.07) is 4.98. The van der Waals surface area contributed by atoms with E-state index in [0.717, 1.165) is 4.31 Å². The molecule has 2 rings (SSSR count). The quantitative estimate of drug-likeness (QED) is 0.798. The lowest BCUT2D eigenvalue weighted by molar-refractivity contribution is -0.114. The molecule has 2 aromatic heterocycles. The van der Waals surface area contributed by atoms with Crippen LogP contribution in [-0.2, 0) is 15.0 Å². The zero-order valence-electron chi connectivity index (χ0n) is 14.3. The fraction of sp³-hybridized carbons (Fsp3) is 0.267. The number of rotatable bonds is 6. The Balaban J connectivity index is 2.44. The van der Waals surface area contributed by atoms with Crippen molar-refractivity contribution in [3.8, 4) is 17.0 Å². The predicted molar refractivity (Wildman–Crippen MR) is 94.6 cm³/mol. The van der Waals surface area contributed by atoms with Crippen LogP contribution in [0.5, 0.6) is 5.88 Å². The molecule has 0 bridgehead atoms. The number of aromatic nitrogens is 2. The van der Waals surface area contributed by atoms with Gasteiger partial charge in [0.2, 0.25) is 11.8 Å². The highest BCUT2D eigenvalue weighted by Crippen LogP contribution is 2.29. The van der Waals surface area contributed by atoms with Crippen LogP contribution in [-0.4, -0.2) is 49.8 Å². The monoisotopic (exact) mass is 365 g/mol. The number of nitrogens with one attached hydrogen (secondary N) is 2. The van der Waals surface area contributed by atoms with Crippen LogP contribution in [0.15, 0.2) is 30.6 Å². The van der Waals surface area contributed by atoms with Gasteiger partial charge in [0.05, 0.1) is 7.11 Å². The molecule has 0 aromatic carbocycles. The number of ether oxygens (including phenoxy) is 1. The number of methoxy groups -OCH3 is 1. The Bertz CT molecular complexity index is 883. The topological polar surface area (TPSA) is 114 Å². The van der Waals surface area contributed by atoms with Crippen molar-refractivity contribution < 1.29 is 17.9 Å². The molecule has 2 heterocycles. The molecule has 10 heteroatoms. The van der Waals surface area contributed by atoms with Crippen LogP contribution in [0.2, 0.25) is 0 Å². The average Bonchev–Trinajstić information content (AvgIpc) is 2.54. The Kier molecular flexibility index (Phi) is 5.55. The van der Waals surface area contributed by atoms with Crippen molar-refractivity contribution >= 4 is 27.6 Å². The Morgan fingerprint density at radius 3 is 2.52 bits per heavy atom. The first-order valence-corrected chi connectivity index (χ1v) is 8.65. The van der Waals surface area contributed by atoms with Crippen molar-refractivity contribution in [2.75, 3.05) is 31.2 Å². The Labute approximate surface area is 146 Å². The van der Waals surface area contributed by atoms with Crippen LogP contribution < -0.4 is 14.8 Å². The molecule has 2 N–H and O–H groups in total. The second kappa shape index (κ2) is 7.45. The van der Waals surface area contributed by atoms with Gasteiger partial charge in [-0.3, -0.25) is 9.52 Å². The summed E-state index contributed by atoms with van der Waals surface area (Å²) in [5, 5.41) is 2.59. The summed E-state index contributed by atoms with van der Waals surface area (Å²) >= 11 is 0. The minimum Gasteiger partial charge on any atom is -0.479 e. The smallest absolute Gasteiger partial charge is 0.301 e. The normalized spacial score (nSPS) is 11.2. The molecule has 0 radical (unpaired) electrons. The summed E-state index contributed by atoms with van der Waals surface area (Å²) in [6.45, 7) is 1.39. The molecule has 25 heavy (non-hydrogen) atoms. The molecule has 0 spiro atoms. The van der Waals surface area contributed by atoms with E-state index in [2.05, 4.69) is 20.0 Å². The molecular formula is C15H19N5O4S. The van der Waals surface area contributed by atoms with Crippen molar-refractivity contribution in [3.63, 3.8) is 0 Å². The van der Waals surface area contributed by atoms with E-state index >= 15 is 0 Å². The van der Waals surface area contributed by atoms with E-state index in [-0.39, 0.29) is 17.5 Å². The van der Waals surface area contributed by atoms with Gasteiger partial charge in [-0.2, -0.15) is 12.7 Å². The number of carbonyl (C=O) groups is 1. The molecule has 0 aliphatic rings. The van der Waals surface area contributed by atoms with Crippen LogP contribution >= 0.6 is 0 Å². The predicted octanol–water partition coefficient (Wildman–Crippen LogP) is 1.33. The molecule has 0 saturated carbocycles. The lowest BCUT2D eigenvalue weighted by Crippen LogP contribution is -2.29. The van der Waals surface area contributed by atoms with E-state index in [0.29, 0.717) is 16.9 Å². The first kappa shape index (κ1) is 18.6. The highest BCUT2D eigenvalue weighted by atomic mass is 32.2. The molecule has 0 fully saturated rings. The molecular weight excluding hydrogens is 346 g/mol. The molecule has 9 nitrogen and oxygen atoms in total. The fourth-order valence-corrected chi connectivity index (χ4v) is 2.54. The maximum atomic E-state index is 12.1. The second-order valence-corrected chi connectivity index (χ2v) is 7.17. The van der Waals surface area contributed by atoms with Gasteiger partial charge in [0.25, 0.3) is 0 Å². The highest BCUT2D eigenvalue weighted by molar-refractivity contribution is 7.90. The van der Waals surface area contributed by atoms with E-state index in [1.165, 1.54) is 34.3 Å². The summed E-state index contributed by atoms with van der Waals surface area (Å²) < 4.78 is 32.7. The van der Waals surface area contributed by atoms with Crippen LogP contribution in [0.3, 0.4) is 0 Å². The van der Waals surface area contributed by atoms with Gasteiger partial charge in [-0.15, -0.1) is 0 Å². The zero-order valence-corrected chi connectivity index (χ0v) is 15.1. The van der Waals surface area contributed by atoms with Gasteiger partial charge in [0.15, 0.2) is 0 Å². The first-order chi connectivity index (χ1) is 11.7. The molecule has 0 atom stereocenters. The number of nitrogens with zero attached hydrogens (tertiary/aromatic N) is 3. The molecule has 0 saturated heterocycles. The standard InChI is InChI=1S/C15H19N5O4S/c1-10(21)18-14-8-11(5-6-16-14)12-7-13(15(24-4)17-9-12)19-25(22,23)20(2)3/h5-9,19H,1-4H3,(H,16,18,21). The van der Waals surface area contributed by atoms with Crippen molar-refractivity contribution in [2.24, 2.45) is 0 Å². The van der Waals surface area contributed by atoms with Gasteiger partial charge in [-0.1, -0.05) is 0 Å². The third-order valence-electron chi connectivity index (χ3n) is 3.16. The van der Waals surface area contributed by atoms with Crippen LogP contribution in [0.25, 0.3) is 11.1 Å². The number of anilines is 2. The van der Waals surface area contributed by atoms with Gasteiger partial charge in [0, 0.05) is 39.0 Å². The Morgan fingerprint density at radius 1 is 1.20 bits per heavy atom. The first-order valence-electron chi connectivity index (χ1n) is 7.21. The largest absolute Gasteiger partial charge is 0.479 e. The third-order valence-corrected chi connectivity index (χ3v) is 4.60. The molecule has 2 aromatic rings. The Hall–Kier alpha value is -2.72. The maximum Gasteiger partial charge on any atom is 0.301 e. The van der Waals surface area contributed by atoms with Crippen molar-refractivity contribution in [2.45, 2.75) is 6.92 Å². The van der Waals surface area contributed by atoms with E-state index in [9.17, 15) is 13.2 Å². The molecule has 0 aliphatic carbocycles. The van der Waals surface area contributed by atoms with Crippen molar-refractivity contribution in [3.05, 3.63) is 30.6 Å². The van der Waals surface area contributed by atoms with Crippen LogP contribution in [0.4, 0.5) is 11.5 Å². The minimum atomic E-state index is -3.71. The van der Waals surface area contributed by atoms with Crippen LogP contribution in [0, 0.1) is 0 Å². The molecule has 0 unspecified atom stereocenters. The van der Waals surface area contributed by atoms with Crippen molar-refractivity contribution in [1.82, 2.24) is 14.3 Å². The van der Waals surface area contributed by atoms with Gasteiger partial charge in [-0.25, -0.2) is 9.97 Å². The SMILES string of the molecule is COc1ncc(-c2ccnc(NC(C)=O)c2)cc1NS(=O)(=O)N(C)C.